The molecule has 2 aliphatic rings. The van der Waals surface area contributed by atoms with Gasteiger partial charge in [-0.1, -0.05) is 24.7 Å². The number of nitrogens with zero attached hydrogens (tertiary/aromatic N) is 2. The van der Waals surface area contributed by atoms with Gasteiger partial charge in [0, 0.05) is 37.1 Å². The maximum atomic E-state index is 13.6. The van der Waals surface area contributed by atoms with Crippen molar-refractivity contribution in [1.29, 1.82) is 0 Å². The Kier molecular flexibility index (Phi) is 8.39. The molecule has 0 spiro atoms. The summed E-state index contributed by atoms with van der Waals surface area (Å²) in [6, 6.07) is 8.76. The number of hydrogen-bond acceptors (Lipinski definition) is 10. The third-order valence-electron chi connectivity index (χ3n) is 7.81. The molecule has 2 aliphatic heterocycles. The maximum Gasteiger partial charge on any atom is 0.265 e. The Hall–Kier alpha value is -2.38. The molecular formula is C27H33N3O6S3. The number of carbonyl (C=O) groups is 2. The van der Waals surface area contributed by atoms with Gasteiger partial charge in [0.15, 0.2) is 25.5 Å². The lowest BCUT2D eigenvalue weighted by Crippen LogP contribution is -2.54. The summed E-state index contributed by atoms with van der Waals surface area (Å²) >= 11 is 3.03. The van der Waals surface area contributed by atoms with Gasteiger partial charge in [-0.2, -0.15) is 0 Å². The van der Waals surface area contributed by atoms with Crippen LogP contribution in [-0.2, 0) is 25.8 Å². The number of sulfone groups is 1. The summed E-state index contributed by atoms with van der Waals surface area (Å²) in [5.74, 6) is -0.707. The number of thiazole rings is 1. The fraction of sp³-hybridized carbons (Fsp3) is 0.519. The van der Waals surface area contributed by atoms with Crippen LogP contribution in [0.3, 0.4) is 0 Å². The highest BCUT2D eigenvalue weighted by molar-refractivity contribution is 7.93. The van der Waals surface area contributed by atoms with E-state index in [-0.39, 0.29) is 42.7 Å². The van der Waals surface area contributed by atoms with Crippen LogP contribution in [0.4, 0.5) is 5.13 Å². The van der Waals surface area contributed by atoms with Crippen LogP contribution in [-0.4, -0.2) is 61.3 Å². The summed E-state index contributed by atoms with van der Waals surface area (Å²) in [4.78, 5) is 34.7. The first-order valence-electron chi connectivity index (χ1n) is 13.3. The standard InChI is InChI=1S/C27H33N3O6S3/c1-2-3-4-19-5-8-22(37-19)24(31)18-9-13-30(14-10-18)26-28-21-7-6-20(17-23(21)38-26)39(34,35)27(25(32)29-33)11-15-36-16-12-27/h5-8,17-18,33H,2-4,9-16H2,1H3,(H,29,32). The Bertz CT molecular complexity index is 1450. The normalized spacial score (nSPS) is 18.4. The van der Waals surface area contributed by atoms with Crippen LogP contribution >= 0.6 is 22.7 Å². The van der Waals surface area contributed by atoms with E-state index >= 15 is 0 Å². The van der Waals surface area contributed by atoms with Crippen molar-refractivity contribution in [2.45, 2.75) is 61.5 Å². The van der Waals surface area contributed by atoms with Gasteiger partial charge in [0.05, 0.1) is 20.0 Å². The van der Waals surface area contributed by atoms with E-state index in [1.54, 1.807) is 28.9 Å². The highest BCUT2D eigenvalue weighted by atomic mass is 32.2. The van der Waals surface area contributed by atoms with Gasteiger partial charge in [0.25, 0.3) is 5.91 Å². The number of fused-ring (bicyclic) bond motifs is 1. The number of ether oxygens (including phenoxy) is 1. The van der Waals surface area contributed by atoms with Crippen LogP contribution in [0.25, 0.3) is 10.2 Å². The number of anilines is 1. The molecule has 2 fully saturated rings. The minimum Gasteiger partial charge on any atom is -0.381 e. The number of amides is 1. The van der Waals surface area contributed by atoms with Gasteiger partial charge in [0.2, 0.25) is 0 Å². The van der Waals surface area contributed by atoms with E-state index in [4.69, 9.17) is 9.72 Å². The third-order valence-corrected chi connectivity index (χ3v) is 12.5. The maximum absolute atomic E-state index is 13.6. The van der Waals surface area contributed by atoms with Gasteiger partial charge in [-0.3, -0.25) is 14.8 Å². The molecule has 5 rings (SSSR count). The number of piperidine rings is 1. The molecule has 4 heterocycles. The van der Waals surface area contributed by atoms with Gasteiger partial charge in [-0.05, 0) is 68.9 Å². The SMILES string of the molecule is CCCCc1ccc(C(=O)C2CCN(c3nc4ccc(S(=O)(=O)C5(C(=O)NO)CCOCC5)cc4s3)CC2)s1. The number of Topliss-reactive ketones (excluding diaryl/α,β-unsaturated/α-hetero) is 1. The first-order valence-corrected chi connectivity index (χ1v) is 16.5. The van der Waals surface area contributed by atoms with Crippen molar-refractivity contribution in [3.05, 3.63) is 40.1 Å². The zero-order valence-corrected chi connectivity index (χ0v) is 24.3. The molecule has 210 valence electrons. The second kappa shape index (κ2) is 11.6. The zero-order valence-electron chi connectivity index (χ0n) is 21.8. The van der Waals surface area contributed by atoms with E-state index in [0.717, 1.165) is 42.1 Å². The van der Waals surface area contributed by atoms with Crippen LogP contribution in [0.15, 0.2) is 35.2 Å². The number of hydrogen-bond donors (Lipinski definition) is 2. The van der Waals surface area contributed by atoms with Crippen molar-refractivity contribution in [1.82, 2.24) is 10.5 Å². The molecule has 2 saturated heterocycles. The highest BCUT2D eigenvalue weighted by Crippen LogP contribution is 2.39. The number of carbonyl (C=O) groups excluding carboxylic acids is 2. The molecule has 1 amide bonds. The van der Waals surface area contributed by atoms with E-state index in [9.17, 15) is 23.2 Å². The Morgan fingerprint density at radius 2 is 1.90 bits per heavy atom. The Morgan fingerprint density at radius 3 is 2.59 bits per heavy atom. The fourth-order valence-corrected chi connectivity index (χ4v) is 9.54. The van der Waals surface area contributed by atoms with Crippen molar-refractivity contribution in [2.75, 3.05) is 31.2 Å². The topological polar surface area (TPSA) is 126 Å². The monoisotopic (exact) mass is 591 g/mol. The van der Waals surface area contributed by atoms with Crippen LogP contribution < -0.4 is 10.4 Å². The molecule has 0 aliphatic carbocycles. The number of nitrogens with one attached hydrogen (secondary N) is 1. The molecule has 2 aromatic heterocycles. The Balaban J connectivity index is 1.30. The lowest BCUT2D eigenvalue weighted by atomic mass is 9.92. The minimum atomic E-state index is -4.11. The van der Waals surface area contributed by atoms with Crippen LogP contribution in [0.2, 0.25) is 0 Å². The molecule has 1 aromatic carbocycles. The largest absolute Gasteiger partial charge is 0.381 e. The number of ketones is 1. The van der Waals surface area contributed by atoms with Crippen molar-refractivity contribution < 1.29 is 28.0 Å². The minimum absolute atomic E-state index is 0.00150. The smallest absolute Gasteiger partial charge is 0.265 e. The summed E-state index contributed by atoms with van der Waals surface area (Å²) in [5, 5.41) is 10.1. The van der Waals surface area contributed by atoms with Crippen LogP contribution in [0, 0.1) is 5.92 Å². The number of hydroxylamine groups is 1. The predicted octanol–water partition coefficient (Wildman–Crippen LogP) is 4.63. The van der Waals surface area contributed by atoms with E-state index in [1.165, 1.54) is 22.3 Å². The van der Waals surface area contributed by atoms with Gasteiger partial charge in [-0.25, -0.2) is 18.9 Å². The second-order valence-corrected chi connectivity index (χ2v) is 14.6. The van der Waals surface area contributed by atoms with Crippen molar-refractivity contribution in [3.8, 4) is 0 Å². The summed E-state index contributed by atoms with van der Waals surface area (Å²) in [6.45, 7) is 3.81. The Morgan fingerprint density at radius 1 is 1.15 bits per heavy atom. The van der Waals surface area contributed by atoms with Gasteiger partial charge in [0.1, 0.15) is 0 Å². The molecule has 9 nitrogen and oxygen atoms in total. The molecule has 0 atom stereocenters. The average molecular weight is 592 g/mol. The molecule has 0 unspecified atom stereocenters. The summed E-state index contributed by atoms with van der Waals surface area (Å²) < 4.78 is 31.5. The van der Waals surface area contributed by atoms with E-state index in [2.05, 4.69) is 17.9 Å². The summed E-state index contributed by atoms with van der Waals surface area (Å²) in [5.41, 5.74) is 2.23. The molecule has 3 aromatic rings. The summed E-state index contributed by atoms with van der Waals surface area (Å²) in [6.07, 6.45) is 4.72. The molecule has 39 heavy (non-hydrogen) atoms. The van der Waals surface area contributed by atoms with Gasteiger partial charge in [-0.15, -0.1) is 11.3 Å². The lowest BCUT2D eigenvalue weighted by molar-refractivity contribution is -0.134. The number of thiophene rings is 1. The van der Waals surface area contributed by atoms with Crippen LogP contribution in [0.1, 0.15) is 60.0 Å². The highest BCUT2D eigenvalue weighted by Gasteiger charge is 2.52. The van der Waals surface area contributed by atoms with Crippen molar-refractivity contribution in [3.63, 3.8) is 0 Å². The zero-order chi connectivity index (χ0) is 27.6. The molecule has 0 radical (unpaired) electrons. The van der Waals surface area contributed by atoms with E-state index < -0.39 is 20.5 Å². The Labute approximate surface area is 236 Å². The lowest BCUT2D eigenvalue weighted by Gasteiger charge is -2.34. The van der Waals surface area contributed by atoms with Crippen LogP contribution in [0.5, 0.6) is 0 Å². The third kappa shape index (κ3) is 5.37. The van der Waals surface area contributed by atoms with E-state index in [0.29, 0.717) is 23.3 Å². The van der Waals surface area contributed by atoms with Gasteiger partial charge < -0.3 is 9.64 Å². The first-order chi connectivity index (χ1) is 18.8. The molecule has 0 bridgehead atoms. The number of unbranched alkanes of at least 4 members (excludes halogenated alkanes) is 1. The number of benzene rings is 1. The van der Waals surface area contributed by atoms with Gasteiger partial charge >= 0.3 is 0 Å². The fourth-order valence-electron chi connectivity index (χ4n) is 5.37. The first kappa shape index (κ1) is 28.2. The predicted molar refractivity (Wildman–Crippen MR) is 152 cm³/mol. The number of aromatic nitrogens is 1. The molecular weight excluding hydrogens is 559 g/mol. The second-order valence-electron chi connectivity index (χ2n) is 10.2. The molecule has 2 N–H and O–H groups in total. The number of aryl methyl sites for hydroxylation is 1. The quantitative estimate of drug-likeness (QED) is 0.210. The molecule has 12 heteroatoms. The average Bonchev–Trinajstić information content (AvgIpc) is 3.62. The van der Waals surface area contributed by atoms with Crippen molar-refractivity contribution in [2.24, 2.45) is 5.92 Å². The molecule has 0 saturated carbocycles. The summed E-state index contributed by atoms with van der Waals surface area (Å²) in [7, 11) is -4.11. The van der Waals surface area contributed by atoms with E-state index in [1.807, 2.05) is 6.07 Å². The number of rotatable bonds is 9. The van der Waals surface area contributed by atoms with Crippen molar-refractivity contribution >= 4 is 59.5 Å².